The van der Waals surface area contributed by atoms with Crippen LogP contribution in [0.15, 0.2) is 40.9 Å². The summed E-state index contributed by atoms with van der Waals surface area (Å²) in [7, 11) is 4.73. The summed E-state index contributed by atoms with van der Waals surface area (Å²) in [5.74, 6) is 1.72. The van der Waals surface area contributed by atoms with Gasteiger partial charge >= 0.3 is 0 Å². The molecule has 0 saturated heterocycles. The smallest absolute Gasteiger partial charge is 0.231 e. The van der Waals surface area contributed by atoms with Gasteiger partial charge in [0.25, 0.3) is 0 Å². The minimum Gasteiger partial charge on any atom is -0.493 e. The minimum absolute atomic E-state index is 0.0434. The molecule has 0 aliphatic heterocycles. The van der Waals surface area contributed by atoms with E-state index in [0.29, 0.717) is 17.2 Å². The van der Waals surface area contributed by atoms with E-state index in [4.69, 9.17) is 14.2 Å². The Hall–Kier alpha value is -2.21. The second-order valence-corrected chi connectivity index (χ2v) is 7.66. The van der Waals surface area contributed by atoms with Crippen LogP contribution in [0.25, 0.3) is 0 Å². The summed E-state index contributed by atoms with van der Waals surface area (Å²) in [6, 6.07) is 11.5. The molecule has 0 aromatic heterocycles. The number of halogens is 1. The maximum absolute atomic E-state index is 13.0. The molecular formula is C21H24BrNO4. The fraction of sp³-hybridized carbons (Fsp3) is 0.381. The summed E-state index contributed by atoms with van der Waals surface area (Å²) in [6.07, 6.45) is 1.72. The normalized spacial score (nSPS) is 15.6. The van der Waals surface area contributed by atoms with E-state index in [-0.39, 0.29) is 11.9 Å². The van der Waals surface area contributed by atoms with Crippen LogP contribution >= 0.6 is 15.9 Å². The highest BCUT2D eigenvalue weighted by atomic mass is 79.9. The molecule has 27 heavy (non-hydrogen) atoms. The highest BCUT2D eigenvalue weighted by Gasteiger charge is 2.51. The van der Waals surface area contributed by atoms with Crippen molar-refractivity contribution in [2.75, 3.05) is 21.3 Å². The van der Waals surface area contributed by atoms with Gasteiger partial charge in [-0.2, -0.15) is 0 Å². The first-order valence-corrected chi connectivity index (χ1v) is 9.61. The maximum atomic E-state index is 13.0. The molecule has 1 saturated carbocycles. The largest absolute Gasteiger partial charge is 0.493 e. The molecule has 1 unspecified atom stereocenters. The molecule has 0 spiro atoms. The zero-order chi connectivity index (χ0) is 19.6. The topological polar surface area (TPSA) is 56.8 Å². The maximum Gasteiger partial charge on any atom is 0.231 e. The van der Waals surface area contributed by atoms with Crippen LogP contribution < -0.4 is 19.5 Å². The number of benzene rings is 2. The van der Waals surface area contributed by atoms with Gasteiger partial charge in [0, 0.05) is 4.47 Å². The van der Waals surface area contributed by atoms with E-state index in [1.54, 1.807) is 21.3 Å². The van der Waals surface area contributed by atoms with Crippen molar-refractivity contribution < 1.29 is 19.0 Å². The first-order valence-electron chi connectivity index (χ1n) is 8.82. The average molecular weight is 434 g/mol. The summed E-state index contributed by atoms with van der Waals surface area (Å²) in [5.41, 5.74) is 1.51. The zero-order valence-corrected chi connectivity index (χ0v) is 17.6. The van der Waals surface area contributed by atoms with Crippen LogP contribution in [-0.4, -0.2) is 27.2 Å². The van der Waals surface area contributed by atoms with Crippen molar-refractivity contribution in [3.05, 3.63) is 52.0 Å². The second-order valence-electron chi connectivity index (χ2n) is 6.75. The third-order valence-electron chi connectivity index (χ3n) is 5.10. The molecule has 2 aromatic carbocycles. The number of methoxy groups -OCH3 is 3. The second kappa shape index (κ2) is 7.80. The van der Waals surface area contributed by atoms with E-state index in [9.17, 15) is 4.79 Å². The fourth-order valence-corrected chi connectivity index (χ4v) is 3.73. The van der Waals surface area contributed by atoms with Crippen molar-refractivity contribution in [3.8, 4) is 17.2 Å². The van der Waals surface area contributed by atoms with Gasteiger partial charge in [0.05, 0.1) is 32.8 Å². The number of amides is 1. The van der Waals surface area contributed by atoms with E-state index in [2.05, 4.69) is 21.2 Å². The van der Waals surface area contributed by atoms with Gasteiger partial charge in [-0.15, -0.1) is 0 Å². The van der Waals surface area contributed by atoms with Crippen LogP contribution in [0.3, 0.4) is 0 Å². The molecule has 0 radical (unpaired) electrons. The molecule has 0 heterocycles. The quantitative estimate of drug-likeness (QED) is 0.703. The van der Waals surface area contributed by atoms with Crippen LogP contribution in [0.2, 0.25) is 0 Å². The van der Waals surface area contributed by atoms with Gasteiger partial charge in [-0.25, -0.2) is 0 Å². The van der Waals surface area contributed by atoms with E-state index in [1.807, 2.05) is 43.3 Å². The van der Waals surface area contributed by atoms with E-state index < -0.39 is 5.41 Å². The lowest BCUT2D eigenvalue weighted by Crippen LogP contribution is -2.36. The van der Waals surface area contributed by atoms with Crippen molar-refractivity contribution >= 4 is 21.8 Å². The lowest BCUT2D eigenvalue weighted by atomic mass is 9.94. The van der Waals surface area contributed by atoms with Gasteiger partial charge in [-0.1, -0.05) is 28.1 Å². The van der Waals surface area contributed by atoms with Crippen molar-refractivity contribution in [2.45, 2.75) is 31.2 Å². The number of carbonyl (C=O) groups is 1. The average Bonchev–Trinajstić information content (AvgIpc) is 3.48. The SMILES string of the molecule is COc1cc(C(C)NC(=O)C2(c3cccc(Br)c3)CC2)cc(OC)c1OC. The van der Waals surface area contributed by atoms with Gasteiger partial charge in [0.15, 0.2) is 11.5 Å². The Bertz CT molecular complexity index is 823. The van der Waals surface area contributed by atoms with Gasteiger partial charge < -0.3 is 19.5 Å². The number of rotatable bonds is 7. The number of hydrogen-bond acceptors (Lipinski definition) is 4. The molecule has 5 nitrogen and oxygen atoms in total. The van der Waals surface area contributed by atoms with Crippen LogP contribution in [0.4, 0.5) is 0 Å². The summed E-state index contributed by atoms with van der Waals surface area (Å²) in [6.45, 7) is 1.95. The third kappa shape index (κ3) is 3.76. The van der Waals surface area contributed by atoms with Gasteiger partial charge in [-0.3, -0.25) is 4.79 Å². The molecule has 6 heteroatoms. The molecule has 1 amide bonds. The molecule has 3 rings (SSSR count). The van der Waals surface area contributed by atoms with Crippen molar-refractivity contribution in [1.29, 1.82) is 0 Å². The lowest BCUT2D eigenvalue weighted by Gasteiger charge is -2.22. The van der Waals surface area contributed by atoms with Crippen LogP contribution in [0.1, 0.15) is 36.9 Å². The Balaban J connectivity index is 1.83. The van der Waals surface area contributed by atoms with Crippen LogP contribution in [-0.2, 0) is 10.2 Å². The van der Waals surface area contributed by atoms with Gasteiger partial charge in [-0.05, 0) is 55.2 Å². The Morgan fingerprint density at radius 2 is 1.70 bits per heavy atom. The van der Waals surface area contributed by atoms with Crippen molar-refractivity contribution in [3.63, 3.8) is 0 Å². The number of hydrogen-bond donors (Lipinski definition) is 1. The standard InChI is InChI=1S/C21H24BrNO4/c1-13(14-10-17(25-2)19(27-4)18(11-14)26-3)23-20(24)21(8-9-21)15-6-5-7-16(22)12-15/h5-7,10-13H,8-9H2,1-4H3,(H,23,24). The highest BCUT2D eigenvalue weighted by Crippen LogP contribution is 2.49. The van der Waals surface area contributed by atoms with Crippen molar-refractivity contribution in [2.24, 2.45) is 0 Å². The molecule has 2 aromatic rings. The number of nitrogens with one attached hydrogen (secondary N) is 1. The minimum atomic E-state index is -0.432. The molecule has 144 valence electrons. The molecule has 0 bridgehead atoms. The fourth-order valence-electron chi connectivity index (χ4n) is 3.33. The van der Waals surface area contributed by atoms with E-state index >= 15 is 0 Å². The number of carbonyl (C=O) groups excluding carboxylic acids is 1. The van der Waals surface area contributed by atoms with Crippen LogP contribution in [0, 0.1) is 0 Å². The Morgan fingerprint density at radius 3 is 2.19 bits per heavy atom. The Kier molecular flexibility index (Phi) is 5.65. The number of ether oxygens (including phenoxy) is 3. The molecule has 1 aliphatic carbocycles. The first kappa shape index (κ1) is 19.5. The zero-order valence-electron chi connectivity index (χ0n) is 16.0. The summed E-state index contributed by atoms with van der Waals surface area (Å²) in [5, 5.41) is 3.15. The predicted octanol–water partition coefficient (Wildman–Crippen LogP) is 4.38. The Labute approximate surface area is 168 Å². The van der Waals surface area contributed by atoms with Crippen LogP contribution in [0.5, 0.6) is 17.2 Å². The summed E-state index contributed by atoms with van der Waals surface area (Å²) < 4.78 is 17.2. The highest BCUT2D eigenvalue weighted by molar-refractivity contribution is 9.10. The summed E-state index contributed by atoms with van der Waals surface area (Å²) in [4.78, 5) is 13.0. The van der Waals surface area contributed by atoms with Gasteiger partial charge in [0.1, 0.15) is 0 Å². The van der Waals surface area contributed by atoms with E-state index in [1.165, 1.54) is 0 Å². The molecule has 1 aliphatic rings. The lowest BCUT2D eigenvalue weighted by molar-refractivity contribution is -0.124. The molecule has 1 N–H and O–H groups in total. The molecular weight excluding hydrogens is 410 g/mol. The molecule has 1 fully saturated rings. The predicted molar refractivity (Wildman–Crippen MR) is 108 cm³/mol. The summed E-state index contributed by atoms with van der Waals surface area (Å²) >= 11 is 3.49. The van der Waals surface area contributed by atoms with Crippen molar-refractivity contribution in [1.82, 2.24) is 5.32 Å². The van der Waals surface area contributed by atoms with Gasteiger partial charge in [0.2, 0.25) is 11.7 Å². The van der Waals surface area contributed by atoms with E-state index in [0.717, 1.165) is 28.4 Å². The monoisotopic (exact) mass is 433 g/mol. The Morgan fingerprint density at radius 1 is 1.07 bits per heavy atom. The third-order valence-corrected chi connectivity index (χ3v) is 5.59. The first-order chi connectivity index (χ1) is 12.9. The molecule has 1 atom stereocenters.